The first-order chi connectivity index (χ1) is 7.99. The molecule has 0 bridgehead atoms. The lowest BCUT2D eigenvalue weighted by atomic mass is 10.2. The van der Waals surface area contributed by atoms with Gasteiger partial charge in [-0.2, -0.15) is 4.98 Å². The number of hydrogen-bond acceptors (Lipinski definition) is 6. The van der Waals surface area contributed by atoms with E-state index in [4.69, 9.17) is 0 Å². The quantitative estimate of drug-likeness (QED) is 0.708. The minimum atomic E-state index is -1.13. The van der Waals surface area contributed by atoms with Gasteiger partial charge < -0.3 is 9.90 Å². The smallest absolute Gasteiger partial charge is 0.253 e. The van der Waals surface area contributed by atoms with E-state index in [0.29, 0.717) is 10.9 Å². The number of nitrogens with zero attached hydrogens (tertiary/aromatic N) is 4. The van der Waals surface area contributed by atoms with E-state index in [1.807, 2.05) is 20.8 Å². The van der Waals surface area contributed by atoms with Crippen LogP contribution >= 0.6 is 11.8 Å². The Kier molecular flexibility index (Phi) is 3.01. The van der Waals surface area contributed by atoms with Gasteiger partial charge >= 0.3 is 0 Å². The first-order valence-electron chi connectivity index (χ1n) is 5.02. The van der Waals surface area contributed by atoms with Gasteiger partial charge in [0.05, 0.1) is 5.97 Å². The van der Waals surface area contributed by atoms with E-state index in [1.54, 1.807) is 4.52 Å². The maximum atomic E-state index is 10.4. The van der Waals surface area contributed by atoms with Gasteiger partial charge in [0.25, 0.3) is 5.78 Å². The fourth-order valence-electron chi connectivity index (χ4n) is 1.42. The van der Waals surface area contributed by atoms with Crippen LogP contribution in [0, 0.1) is 20.8 Å². The molecule has 0 saturated carbocycles. The molecule has 2 heterocycles. The van der Waals surface area contributed by atoms with Gasteiger partial charge in [0, 0.05) is 17.1 Å². The van der Waals surface area contributed by atoms with Crippen LogP contribution in [0.4, 0.5) is 0 Å². The standard InChI is InChI=1S/C10H12N4O2S/c1-5-6(2)11-9-12-10(17-4-8(15)16)13-14(9)7(5)3/h4H2,1-3H3,(H,15,16)/p-1. The maximum Gasteiger partial charge on any atom is 0.253 e. The molecule has 6 nitrogen and oxygen atoms in total. The Hall–Kier alpha value is -1.63. The van der Waals surface area contributed by atoms with Crippen LogP contribution in [0.1, 0.15) is 17.0 Å². The molecule has 0 aliphatic rings. The van der Waals surface area contributed by atoms with Crippen LogP contribution in [0.2, 0.25) is 0 Å². The van der Waals surface area contributed by atoms with Crippen LogP contribution in [0.5, 0.6) is 0 Å². The lowest BCUT2D eigenvalue weighted by Crippen LogP contribution is -2.24. The summed E-state index contributed by atoms with van der Waals surface area (Å²) in [6, 6.07) is 0. The number of carbonyl (C=O) groups is 1. The number of carboxylic acids is 1. The second-order valence-corrected chi connectivity index (χ2v) is 4.62. The van der Waals surface area contributed by atoms with Crippen LogP contribution < -0.4 is 5.11 Å². The predicted octanol–water partition coefficient (Wildman–Crippen LogP) is -0.108. The minimum absolute atomic E-state index is 0.159. The van der Waals surface area contributed by atoms with Gasteiger partial charge in [-0.15, -0.1) is 5.10 Å². The number of rotatable bonds is 3. The summed E-state index contributed by atoms with van der Waals surface area (Å²) in [5, 5.41) is 15.0. The molecule has 0 aromatic carbocycles. The highest BCUT2D eigenvalue weighted by Crippen LogP contribution is 2.16. The summed E-state index contributed by atoms with van der Waals surface area (Å²) in [4.78, 5) is 18.8. The Balaban J connectivity index is 2.43. The molecule has 0 atom stereocenters. The van der Waals surface area contributed by atoms with Crippen LogP contribution in [0.3, 0.4) is 0 Å². The number of carboxylic acid groups (broad SMARTS) is 1. The Bertz CT molecular complexity index is 593. The van der Waals surface area contributed by atoms with Crippen molar-refractivity contribution in [1.29, 1.82) is 0 Å². The summed E-state index contributed by atoms with van der Waals surface area (Å²) in [5.41, 5.74) is 2.91. The lowest BCUT2D eigenvalue weighted by molar-refractivity contribution is -0.301. The van der Waals surface area contributed by atoms with Crippen molar-refractivity contribution in [2.24, 2.45) is 0 Å². The summed E-state index contributed by atoms with van der Waals surface area (Å²) in [7, 11) is 0. The van der Waals surface area contributed by atoms with Crippen LogP contribution in [0.15, 0.2) is 5.16 Å². The average Bonchev–Trinajstić information content (AvgIpc) is 2.66. The highest BCUT2D eigenvalue weighted by Gasteiger charge is 2.10. The van der Waals surface area contributed by atoms with Crippen molar-refractivity contribution in [3.8, 4) is 0 Å². The van der Waals surface area contributed by atoms with Crippen LogP contribution in [-0.2, 0) is 4.79 Å². The van der Waals surface area contributed by atoms with Gasteiger partial charge in [0.2, 0.25) is 5.16 Å². The molecule has 0 amide bonds. The van der Waals surface area contributed by atoms with Crippen molar-refractivity contribution in [2.75, 3.05) is 5.75 Å². The van der Waals surface area contributed by atoms with Gasteiger partial charge in [-0.1, -0.05) is 11.8 Å². The third kappa shape index (κ3) is 2.23. The molecule has 0 spiro atoms. The molecule has 0 saturated heterocycles. The highest BCUT2D eigenvalue weighted by molar-refractivity contribution is 7.99. The second kappa shape index (κ2) is 4.33. The monoisotopic (exact) mass is 251 g/mol. The first-order valence-corrected chi connectivity index (χ1v) is 6.01. The molecule has 0 unspecified atom stereocenters. The number of thioether (sulfide) groups is 1. The van der Waals surface area contributed by atoms with Crippen molar-refractivity contribution in [3.05, 3.63) is 17.0 Å². The van der Waals surface area contributed by atoms with Crippen molar-refractivity contribution in [1.82, 2.24) is 19.6 Å². The molecule has 0 fully saturated rings. The van der Waals surface area contributed by atoms with Crippen molar-refractivity contribution in [2.45, 2.75) is 25.9 Å². The number of aliphatic carboxylic acids is 1. The summed E-state index contributed by atoms with van der Waals surface area (Å²) in [6.45, 7) is 5.80. The molecule has 17 heavy (non-hydrogen) atoms. The van der Waals surface area contributed by atoms with Crippen LogP contribution in [-0.4, -0.2) is 31.3 Å². The zero-order valence-corrected chi connectivity index (χ0v) is 10.5. The van der Waals surface area contributed by atoms with Gasteiger partial charge in [-0.25, -0.2) is 9.50 Å². The molecule has 2 aromatic rings. The highest BCUT2D eigenvalue weighted by atomic mass is 32.2. The fraction of sp³-hybridized carbons (Fsp3) is 0.400. The summed E-state index contributed by atoms with van der Waals surface area (Å²) >= 11 is 1.03. The zero-order valence-electron chi connectivity index (χ0n) is 9.72. The number of carbonyl (C=O) groups excluding carboxylic acids is 1. The second-order valence-electron chi connectivity index (χ2n) is 3.67. The van der Waals surface area contributed by atoms with E-state index in [9.17, 15) is 9.90 Å². The van der Waals surface area contributed by atoms with E-state index in [-0.39, 0.29) is 5.75 Å². The number of fused-ring (bicyclic) bond motifs is 1. The molecular formula is C10H11N4O2S-. The van der Waals surface area contributed by atoms with Crippen molar-refractivity contribution >= 4 is 23.5 Å². The SMILES string of the molecule is Cc1nc2nc(SCC(=O)[O-])nn2c(C)c1C. The third-order valence-corrected chi connectivity index (χ3v) is 3.37. The Morgan fingerprint density at radius 1 is 1.35 bits per heavy atom. The topological polar surface area (TPSA) is 83.2 Å². The van der Waals surface area contributed by atoms with Crippen molar-refractivity contribution < 1.29 is 9.90 Å². The van der Waals surface area contributed by atoms with E-state index in [1.165, 1.54) is 0 Å². The molecule has 2 aromatic heterocycles. The molecule has 0 aliphatic heterocycles. The third-order valence-electron chi connectivity index (χ3n) is 2.56. The predicted molar refractivity (Wildman–Crippen MR) is 60.7 cm³/mol. The molecule has 7 heteroatoms. The number of aromatic nitrogens is 4. The largest absolute Gasteiger partial charge is 0.549 e. The summed E-state index contributed by atoms with van der Waals surface area (Å²) in [5.74, 6) is -0.800. The Labute approximate surface area is 102 Å². The van der Waals surface area contributed by atoms with E-state index >= 15 is 0 Å². The molecule has 0 N–H and O–H groups in total. The summed E-state index contributed by atoms with van der Waals surface area (Å²) in [6.07, 6.45) is 0. The maximum absolute atomic E-state index is 10.4. The zero-order chi connectivity index (χ0) is 12.6. The molecular weight excluding hydrogens is 240 g/mol. The number of aryl methyl sites for hydroxylation is 2. The van der Waals surface area contributed by atoms with Gasteiger partial charge in [0.15, 0.2) is 0 Å². The average molecular weight is 251 g/mol. The molecule has 0 radical (unpaired) electrons. The Morgan fingerprint density at radius 3 is 2.71 bits per heavy atom. The van der Waals surface area contributed by atoms with Crippen LogP contribution in [0.25, 0.3) is 5.78 Å². The first kappa shape index (κ1) is 11.8. The molecule has 90 valence electrons. The Morgan fingerprint density at radius 2 is 2.06 bits per heavy atom. The van der Waals surface area contributed by atoms with Crippen molar-refractivity contribution in [3.63, 3.8) is 0 Å². The normalized spacial score (nSPS) is 11.0. The van der Waals surface area contributed by atoms with E-state index in [0.717, 1.165) is 28.7 Å². The van der Waals surface area contributed by atoms with E-state index < -0.39 is 5.97 Å². The van der Waals surface area contributed by atoms with E-state index in [2.05, 4.69) is 15.1 Å². The van der Waals surface area contributed by atoms with Gasteiger partial charge in [0.1, 0.15) is 0 Å². The summed E-state index contributed by atoms with van der Waals surface area (Å²) < 4.78 is 1.62. The molecule has 2 rings (SSSR count). The minimum Gasteiger partial charge on any atom is -0.549 e. The number of hydrogen-bond donors (Lipinski definition) is 0. The lowest BCUT2D eigenvalue weighted by Gasteiger charge is -2.04. The van der Waals surface area contributed by atoms with Gasteiger partial charge in [-0.05, 0) is 26.3 Å². The fourth-order valence-corrected chi connectivity index (χ4v) is 1.95. The van der Waals surface area contributed by atoms with Gasteiger partial charge in [-0.3, -0.25) is 0 Å². The molecule has 0 aliphatic carbocycles.